The Kier molecular flexibility index (Phi) is 6.99. The van der Waals surface area contributed by atoms with Gasteiger partial charge in [-0.15, -0.1) is 0 Å². The molecule has 1 aliphatic carbocycles. The normalized spacial score (nSPS) is 27.4. The lowest BCUT2D eigenvalue weighted by Crippen LogP contribution is -2.65. The van der Waals surface area contributed by atoms with Gasteiger partial charge < -0.3 is 24.8 Å². The molecule has 0 radical (unpaired) electrons. The van der Waals surface area contributed by atoms with Gasteiger partial charge in [0.25, 0.3) is 0 Å². The monoisotopic (exact) mass is 495 g/mol. The predicted molar refractivity (Wildman–Crippen MR) is 132 cm³/mol. The van der Waals surface area contributed by atoms with Gasteiger partial charge in [0.15, 0.2) is 0 Å². The quantitative estimate of drug-likeness (QED) is 0.459. The maximum absolute atomic E-state index is 13.1. The highest BCUT2D eigenvalue weighted by atomic mass is 16.5. The molecule has 5 unspecified atom stereocenters. The van der Waals surface area contributed by atoms with E-state index in [9.17, 15) is 9.59 Å². The number of carbonyl (C=O) groups excluding carboxylic acids is 2. The minimum Gasteiger partial charge on any atom is -0.497 e. The van der Waals surface area contributed by atoms with Crippen molar-refractivity contribution >= 4 is 11.8 Å². The number of nitrogens with zero attached hydrogens (tertiary/aromatic N) is 1. The largest absolute Gasteiger partial charge is 0.497 e. The van der Waals surface area contributed by atoms with E-state index in [1.165, 1.54) is 0 Å². The number of hydrogen-bond donors (Lipinski definition) is 4. The lowest BCUT2D eigenvalue weighted by Gasteiger charge is -2.46. The van der Waals surface area contributed by atoms with Crippen molar-refractivity contribution in [2.45, 2.75) is 44.1 Å². The van der Waals surface area contributed by atoms with E-state index >= 15 is 0 Å². The first-order chi connectivity index (χ1) is 17.5. The predicted octanol–water partition coefficient (Wildman–Crippen LogP) is 1.64. The van der Waals surface area contributed by atoms with Gasteiger partial charge in [-0.1, -0.05) is 12.1 Å². The molecule has 2 aromatic carbocycles. The van der Waals surface area contributed by atoms with Crippen LogP contribution in [0.25, 0.3) is 0 Å². The second-order valence-electron chi connectivity index (χ2n) is 9.45. The summed E-state index contributed by atoms with van der Waals surface area (Å²) in [5.74, 6) is 1.86. The highest BCUT2D eigenvalue weighted by molar-refractivity contribution is 5.83. The fourth-order valence-electron chi connectivity index (χ4n) is 5.55. The lowest BCUT2D eigenvalue weighted by atomic mass is 9.75. The average molecular weight is 496 g/mol. The van der Waals surface area contributed by atoms with Crippen LogP contribution in [-0.2, 0) is 16.1 Å². The zero-order valence-electron chi connectivity index (χ0n) is 20.7. The molecule has 0 bridgehead atoms. The smallest absolute Gasteiger partial charge is 0.226 e. The van der Waals surface area contributed by atoms with Gasteiger partial charge in [-0.25, -0.2) is 10.4 Å². The molecule has 5 atom stereocenters. The van der Waals surface area contributed by atoms with Crippen molar-refractivity contribution in [1.29, 1.82) is 0 Å². The SMILES string of the molecule is COc1ccc(C2NNN3C4CC(C(=O)NCc5ccc(OC)cc5OC)CCC4C(=O)NC23)cc1. The first-order valence-electron chi connectivity index (χ1n) is 12.2. The fourth-order valence-corrected chi connectivity index (χ4v) is 5.55. The first kappa shape index (κ1) is 24.4. The summed E-state index contributed by atoms with van der Waals surface area (Å²) in [6.07, 6.45) is 1.69. The van der Waals surface area contributed by atoms with Crippen molar-refractivity contribution in [3.05, 3.63) is 53.6 Å². The third kappa shape index (κ3) is 4.59. The van der Waals surface area contributed by atoms with E-state index in [-0.39, 0.29) is 41.9 Å². The third-order valence-electron chi connectivity index (χ3n) is 7.56. The van der Waals surface area contributed by atoms with Gasteiger partial charge in [0.2, 0.25) is 11.8 Å². The molecule has 2 aromatic rings. The summed E-state index contributed by atoms with van der Waals surface area (Å²) in [5.41, 5.74) is 8.51. The van der Waals surface area contributed by atoms with Gasteiger partial charge in [0, 0.05) is 30.1 Å². The summed E-state index contributed by atoms with van der Waals surface area (Å²) in [4.78, 5) is 26.2. The number of rotatable bonds is 7. The van der Waals surface area contributed by atoms with E-state index in [2.05, 4.69) is 26.6 Å². The highest BCUT2D eigenvalue weighted by Crippen LogP contribution is 2.39. The van der Waals surface area contributed by atoms with Gasteiger partial charge in [-0.2, -0.15) is 5.53 Å². The van der Waals surface area contributed by atoms with Crippen molar-refractivity contribution in [2.75, 3.05) is 21.3 Å². The van der Waals surface area contributed by atoms with E-state index in [0.717, 1.165) is 16.9 Å². The zero-order chi connectivity index (χ0) is 25.2. The summed E-state index contributed by atoms with van der Waals surface area (Å²) < 4.78 is 16.0. The number of hydrazine groups is 2. The van der Waals surface area contributed by atoms with Crippen LogP contribution in [0.3, 0.4) is 0 Å². The molecule has 10 nitrogen and oxygen atoms in total. The molecular formula is C26H33N5O5. The summed E-state index contributed by atoms with van der Waals surface area (Å²) in [6, 6.07) is 13.1. The van der Waals surface area contributed by atoms with Crippen LogP contribution >= 0.6 is 0 Å². The minimum atomic E-state index is -0.252. The molecule has 2 heterocycles. The molecule has 2 amide bonds. The van der Waals surface area contributed by atoms with Crippen molar-refractivity contribution in [2.24, 2.45) is 11.8 Å². The number of amides is 2. The summed E-state index contributed by atoms with van der Waals surface area (Å²) in [5, 5.41) is 8.32. The molecule has 4 N–H and O–H groups in total. The summed E-state index contributed by atoms with van der Waals surface area (Å²) >= 11 is 0. The van der Waals surface area contributed by atoms with Crippen LogP contribution in [-0.4, -0.2) is 50.4 Å². The van der Waals surface area contributed by atoms with Gasteiger partial charge in [-0.3, -0.25) is 9.59 Å². The Bertz CT molecular complexity index is 1110. The Balaban J connectivity index is 1.25. The summed E-state index contributed by atoms with van der Waals surface area (Å²) in [7, 11) is 4.84. The van der Waals surface area contributed by atoms with Crippen LogP contribution in [0.1, 0.15) is 36.4 Å². The van der Waals surface area contributed by atoms with Crippen molar-refractivity contribution in [3.63, 3.8) is 0 Å². The molecule has 5 rings (SSSR count). The van der Waals surface area contributed by atoms with Gasteiger partial charge >= 0.3 is 0 Å². The molecule has 3 fully saturated rings. The number of hydrogen-bond acceptors (Lipinski definition) is 8. The lowest BCUT2D eigenvalue weighted by molar-refractivity contribution is -0.143. The van der Waals surface area contributed by atoms with Crippen molar-refractivity contribution < 1.29 is 23.8 Å². The van der Waals surface area contributed by atoms with E-state index in [4.69, 9.17) is 14.2 Å². The van der Waals surface area contributed by atoms with E-state index in [0.29, 0.717) is 37.3 Å². The second kappa shape index (κ2) is 10.3. The van der Waals surface area contributed by atoms with Crippen molar-refractivity contribution in [3.8, 4) is 17.2 Å². The Morgan fingerprint density at radius 1 is 1.03 bits per heavy atom. The van der Waals surface area contributed by atoms with Crippen LogP contribution < -0.4 is 35.8 Å². The highest BCUT2D eigenvalue weighted by Gasteiger charge is 2.51. The Morgan fingerprint density at radius 2 is 1.78 bits per heavy atom. The maximum Gasteiger partial charge on any atom is 0.226 e. The Labute approximate surface area is 210 Å². The van der Waals surface area contributed by atoms with Crippen LogP contribution in [0, 0.1) is 11.8 Å². The summed E-state index contributed by atoms with van der Waals surface area (Å²) in [6.45, 7) is 0.364. The molecular weight excluding hydrogens is 462 g/mol. The molecule has 192 valence electrons. The van der Waals surface area contributed by atoms with E-state index < -0.39 is 0 Å². The molecule has 2 aliphatic heterocycles. The van der Waals surface area contributed by atoms with E-state index in [1.54, 1.807) is 27.4 Å². The number of benzene rings is 2. The Morgan fingerprint density at radius 3 is 2.50 bits per heavy atom. The molecule has 36 heavy (non-hydrogen) atoms. The van der Waals surface area contributed by atoms with Crippen molar-refractivity contribution in [1.82, 2.24) is 26.6 Å². The topological polar surface area (TPSA) is 113 Å². The van der Waals surface area contributed by atoms with Gasteiger partial charge in [0.05, 0.1) is 33.3 Å². The number of fused-ring (bicyclic) bond motifs is 3. The molecule has 2 saturated heterocycles. The minimum absolute atomic E-state index is 0.00675. The average Bonchev–Trinajstić information content (AvgIpc) is 3.35. The van der Waals surface area contributed by atoms with Crippen LogP contribution in [0.2, 0.25) is 0 Å². The molecule has 3 aliphatic rings. The first-order valence-corrected chi connectivity index (χ1v) is 12.2. The molecule has 10 heteroatoms. The molecule has 0 aromatic heterocycles. The maximum atomic E-state index is 13.1. The van der Waals surface area contributed by atoms with Gasteiger partial charge in [0.1, 0.15) is 23.4 Å². The zero-order valence-corrected chi connectivity index (χ0v) is 20.7. The number of carbonyl (C=O) groups is 2. The third-order valence-corrected chi connectivity index (χ3v) is 7.56. The number of ether oxygens (including phenoxy) is 3. The number of methoxy groups -OCH3 is 3. The Hall–Kier alpha value is -3.34. The van der Waals surface area contributed by atoms with Crippen LogP contribution in [0.15, 0.2) is 42.5 Å². The standard InChI is InChI=1S/C26H33N5O5/c1-34-18-8-4-15(5-9-18)23-24-28-26(33)20-11-7-16(12-21(20)31(24)30-29-23)25(32)27-14-17-6-10-19(35-2)13-22(17)36-3/h4-6,8-10,13,16,20-21,23-24,29-30H,7,11-12,14H2,1-3H3,(H,27,32)(H,28,33). The van der Waals surface area contributed by atoms with Crippen LogP contribution in [0.4, 0.5) is 0 Å². The molecule has 1 saturated carbocycles. The fraction of sp³-hybridized carbons (Fsp3) is 0.462. The second-order valence-corrected chi connectivity index (χ2v) is 9.45. The van der Waals surface area contributed by atoms with Crippen LogP contribution in [0.5, 0.6) is 17.2 Å². The number of nitrogens with one attached hydrogen (secondary N) is 4. The van der Waals surface area contributed by atoms with Gasteiger partial charge in [-0.05, 0) is 49.1 Å². The molecule has 0 spiro atoms. The van der Waals surface area contributed by atoms with E-state index in [1.807, 2.05) is 36.4 Å².